The second-order valence-corrected chi connectivity index (χ2v) is 7.81. The average molecular weight is 387 g/mol. The number of thioether (sulfide) groups is 1. The van der Waals surface area contributed by atoms with Gasteiger partial charge in [0, 0.05) is 30.6 Å². The Morgan fingerprint density at radius 2 is 2.04 bits per heavy atom. The van der Waals surface area contributed by atoms with Gasteiger partial charge in [0.15, 0.2) is 5.16 Å². The molecule has 0 bridgehead atoms. The fourth-order valence-corrected chi connectivity index (χ4v) is 4.37. The van der Waals surface area contributed by atoms with E-state index >= 15 is 0 Å². The molecular weight excluding hydrogens is 364 g/mol. The standard InChI is InChI=1S/C19H22N4O3S/c24-17(16-12-21-19-23(18(16)25)7-10-27-19)20-11-14-3-1-2-4-15(14)13-22-5-8-26-9-6-22/h1-4,12H,5-11,13H2,(H,20,24)/p+1. The third-order valence-corrected chi connectivity index (χ3v) is 5.97. The van der Waals surface area contributed by atoms with Crippen LogP contribution in [0, 0.1) is 0 Å². The number of aromatic nitrogens is 2. The average Bonchev–Trinajstić information content (AvgIpc) is 3.18. The summed E-state index contributed by atoms with van der Waals surface area (Å²) in [6.07, 6.45) is 1.39. The minimum Gasteiger partial charge on any atom is -0.370 e. The minimum absolute atomic E-state index is 0.109. The number of nitrogens with zero attached hydrogens (tertiary/aromatic N) is 2. The molecule has 0 saturated carbocycles. The smallest absolute Gasteiger partial charge is 0.267 e. The predicted octanol–water partition coefficient (Wildman–Crippen LogP) is -0.306. The summed E-state index contributed by atoms with van der Waals surface area (Å²) in [7, 11) is 0. The van der Waals surface area contributed by atoms with Crippen LogP contribution in [0.25, 0.3) is 0 Å². The number of rotatable bonds is 5. The molecular formula is C19H23N4O3S+. The molecule has 7 nitrogen and oxygen atoms in total. The molecule has 1 aromatic heterocycles. The maximum absolute atomic E-state index is 12.5. The lowest BCUT2D eigenvalue weighted by Gasteiger charge is -2.24. The lowest BCUT2D eigenvalue weighted by atomic mass is 10.1. The molecule has 8 heteroatoms. The number of nitrogens with one attached hydrogen (secondary N) is 2. The van der Waals surface area contributed by atoms with Gasteiger partial charge in [-0.25, -0.2) is 4.98 Å². The van der Waals surface area contributed by atoms with Crippen molar-refractivity contribution in [3.05, 3.63) is 57.5 Å². The first-order valence-corrected chi connectivity index (χ1v) is 10.2. The van der Waals surface area contributed by atoms with Crippen LogP contribution >= 0.6 is 11.8 Å². The van der Waals surface area contributed by atoms with Crippen LogP contribution in [0.1, 0.15) is 21.5 Å². The summed E-state index contributed by atoms with van der Waals surface area (Å²) >= 11 is 1.54. The van der Waals surface area contributed by atoms with Gasteiger partial charge in [-0.3, -0.25) is 14.2 Å². The van der Waals surface area contributed by atoms with E-state index in [-0.39, 0.29) is 17.0 Å². The highest BCUT2D eigenvalue weighted by molar-refractivity contribution is 7.99. The van der Waals surface area contributed by atoms with Gasteiger partial charge in [0.05, 0.1) is 13.2 Å². The van der Waals surface area contributed by atoms with Crippen LogP contribution < -0.4 is 15.8 Å². The molecule has 0 radical (unpaired) electrons. The quantitative estimate of drug-likeness (QED) is 0.689. The summed E-state index contributed by atoms with van der Waals surface area (Å²) in [6.45, 7) is 5.50. The van der Waals surface area contributed by atoms with Crippen molar-refractivity contribution in [1.82, 2.24) is 14.9 Å². The van der Waals surface area contributed by atoms with Crippen molar-refractivity contribution in [2.45, 2.75) is 24.8 Å². The summed E-state index contributed by atoms with van der Waals surface area (Å²) < 4.78 is 7.00. The van der Waals surface area contributed by atoms with Gasteiger partial charge in [-0.2, -0.15) is 0 Å². The Labute approximate surface area is 161 Å². The van der Waals surface area contributed by atoms with Gasteiger partial charge in [-0.15, -0.1) is 0 Å². The SMILES string of the molecule is O=C(NCc1ccccc1C[NH+]1CCOCC1)c1cnc2n(c1=O)CCS2. The lowest BCUT2D eigenvalue weighted by Crippen LogP contribution is -3.12. The molecule has 3 heterocycles. The van der Waals surface area contributed by atoms with E-state index in [4.69, 9.17) is 4.74 Å². The molecule has 2 N–H and O–H groups in total. The van der Waals surface area contributed by atoms with E-state index in [9.17, 15) is 9.59 Å². The maximum Gasteiger partial charge on any atom is 0.267 e. The number of ether oxygens (including phenoxy) is 1. The zero-order valence-corrected chi connectivity index (χ0v) is 15.9. The second-order valence-electron chi connectivity index (χ2n) is 6.75. The Balaban J connectivity index is 1.44. The van der Waals surface area contributed by atoms with Gasteiger partial charge in [-0.05, 0) is 5.56 Å². The summed E-state index contributed by atoms with van der Waals surface area (Å²) in [6, 6.07) is 8.13. The van der Waals surface area contributed by atoms with E-state index in [0.29, 0.717) is 18.2 Å². The first kappa shape index (κ1) is 18.2. The summed E-state index contributed by atoms with van der Waals surface area (Å²) in [5.74, 6) is 0.457. The highest BCUT2D eigenvalue weighted by Crippen LogP contribution is 2.20. The first-order chi connectivity index (χ1) is 13.2. The van der Waals surface area contributed by atoms with Crippen LogP contribution in [-0.2, 0) is 24.4 Å². The molecule has 1 amide bonds. The third kappa shape index (κ3) is 4.07. The number of carbonyl (C=O) groups excluding carboxylic acids is 1. The Morgan fingerprint density at radius 3 is 2.85 bits per heavy atom. The van der Waals surface area contributed by atoms with Crippen molar-refractivity contribution in [1.29, 1.82) is 0 Å². The van der Waals surface area contributed by atoms with Crippen LogP contribution in [0.3, 0.4) is 0 Å². The van der Waals surface area contributed by atoms with Gasteiger partial charge in [-0.1, -0.05) is 36.0 Å². The fraction of sp³-hybridized carbons (Fsp3) is 0.421. The highest BCUT2D eigenvalue weighted by Gasteiger charge is 2.20. The largest absolute Gasteiger partial charge is 0.370 e. The number of hydrogen-bond acceptors (Lipinski definition) is 5. The summed E-state index contributed by atoms with van der Waals surface area (Å²) in [4.78, 5) is 30.7. The lowest BCUT2D eigenvalue weighted by molar-refractivity contribution is -0.921. The summed E-state index contributed by atoms with van der Waals surface area (Å²) in [5.41, 5.74) is 2.15. The van der Waals surface area contributed by atoms with Gasteiger partial charge < -0.3 is 15.0 Å². The molecule has 2 aliphatic heterocycles. The third-order valence-electron chi connectivity index (χ3n) is 5.00. The number of fused-ring (bicyclic) bond motifs is 1. The number of benzene rings is 1. The molecule has 0 aliphatic carbocycles. The summed E-state index contributed by atoms with van der Waals surface area (Å²) in [5, 5.41) is 3.58. The molecule has 2 aromatic rings. The number of amides is 1. The molecule has 0 atom stereocenters. The maximum atomic E-state index is 12.5. The number of quaternary nitrogens is 1. The number of hydrogen-bond donors (Lipinski definition) is 2. The second kappa shape index (κ2) is 8.24. The Bertz CT molecular complexity index is 893. The van der Waals surface area contributed by atoms with E-state index in [0.717, 1.165) is 44.2 Å². The van der Waals surface area contributed by atoms with E-state index < -0.39 is 0 Å². The van der Waals surface area contributed by atoms with Gasteiger partial charge in [0.2, 0.25) is 0 Å². The van der Waals surface area contributed by atoms with Crippen LogP contribution in [0.5, 0.6) is 0 Å². The van der Waals surface area contributed by atoms with Gasteiger partial charge in [0.1, 0.15) is 25.2 Å². The Hall–Kier alpha value is -2.16. The van der Waals surface area contributed by atoms with Crippen molar-refractivity contribution in [3.63, 3.8) is 0 Å². The van der Waals surface area contributed by atoms with E-state index in [1.807, 2.05) is 18.2 Å². The zero-order chi connectivity index (χ0) is 18.6. The van der Waals surface area contributed by atoms with E-state index in [2.05, 4.69) is 16.4 Å². The molecule has 1 fully saturated rings. The molecule has 1 aromatic carbocycles. The molecule has 27 heavy (non-hydrogen) atoms. The molecule has 4 rings (SSSR count). The van der Waals surface area contributed by atoms with E-state index in [1.54, 1.807) is 16.3 Å². The molecule has 2 aliphatic rings. The molecule has 142 valence electrons. The zero-order valence-electron chi connectivity index (χ0n) is 15.1. The van der Waals surface area contributed by atoms with Crippen molar-refractivity contribution < 1.29 is 14.4 Å². The normalized spacial score (nSPS) is 16.9. The first-order valence-electron chi connectivity index (χ1n) is 9.21. The van der Waals surface area contributed by atoms with Crippen molar-refractivity contribution >= 4 is 17.7 Å². The molecule has 0 unspecified atom stereocenters. The fourth-order valence-electron chi connectivity index (χ4n) is 3.45. The van der Waals surface area contributed by atoms with Crippen molar-refractivity contribution in [2.75, 3.05) is 32.1 Å². The topological polar surface area (TPSA) is 77.7 Å². The van der Waals surface area contributed by atoms with Crippen LogP contribution in [-0.4, -0.2) is 47.5 Å². The number of carbonyl (C=O) groups is 1. The van der Waals surface area contributed by atoms with Crippen molar-refractivity contribution in [2.24, 2.45) is 0 Å². The Morgan fingerprint density at radius 1 is 1.26 bits per heavy atom. The van der Waals surface area contributed by atoms with Crippen LogP contribution in [0.15, 0.2) is 40.4 Å². The van der Waals surface area contributed by atoms with Gasteiger partial charge in [0.25, 0.3) is 11.5 Å². The molecule has 1 saturated heterocycles. The molecule has 0 spiro atoms. The van der Waals surface area contributed by atoms with Crippen LogP contribution in [0.4, 0.5) is 0 Å². The van der Waals surface area contributed by atoms with Crippen LogP contribution in [0.2, 0.25) is 0 Å². The predicted molar refractivity (Wildman–Crippen MR) is 102 cm³/mol. The van der Waals surface area contributed by atoms with Crippen molar-refractivity contribution in [3.8, 4) is 0 Å². The monoisotopic (exact) mass is 387 g/mol. The minimum atomic E-state index is -0.367. The van der Waals surface area contributed by atoms with Gasteiger partial charge >= 0.3 is 0 Å². The number of morpholine rings is 1. The highest BCUT2D eigenvalue weighted by atomic mass is 32.2. The van der Waals surface area contributed by atoms with E-state index in [1.165, 1.54) is 16.7 Å². The Kier molecular flexibility index (Phi) is 5.56.